The van der Waals surface area contributed by atoms with Crippen LogP contribution in [0, 0.1) is 0 Å². The van der Waals surface area contributed by atoms with Gasteiger partial charge in [0, 0.05) is 0 Å². The van der Waals surface area contributed by atoms with Gasteiger partial charge in [0.2, 0.25) is 0 Å². The summed E-state index contributed by atoms with van der Waals surface area (Å²) in [5, 5.41) is 0. The van der Waals surface area contributed by atoms with Crippen LogP contribution >= 0.6 is 0 Å². The van der Waals surface area contributed by atoms with Crippen LogP contribution in [-0.4, -0.2) is 55.3 Å². The molecular formula is H5CaCsO4S. The van der Waals surface area contributed by atoms with Gasteiger partial charge in [0.05, 0.1) is 0 Å². The number of hydrogen-bond donors (Lipinski definition) is 2. The van der Waals surface area contributed by atoms with Crippen molar-refractivity contribution in [3.8, 4) is 0 Å². The molecule has 7 heavy (non-hydrogen) atoms. The molecule has 0 heterocycles. The van der Waals surface area contributed by atoms with E-state index in [0.717, 1.165) is 0 Å². The Balaban J connectivity index is -0.00000000800. The first-order valence-electron chi connectivity index (χ1n) is 0.698. The average Bonchev–Trinajstić information content (AvgIpc) is 0.722. The Labute approximate surface area is 135 Å². The second-order valence-electron chi connectivity index (χ2n) is 0.448. The molecule has 4 nitrogen and oxygen atoms in total. The van der Waals surface area contributed by atoms with Crippen LogP contribution in [0.3, 0.4) is 0 Å². The zero-order valence-corrected chi connectivity index (χ0v) is 13.1. The maximum atomic E-state index is 8.74. The minimum Gasteiger partial charge on any atom is -1.00 e. The Morgan fingerprint density at radius 2 is 1.29 bits per heavy atom. The van der Waals surface area contributed by atoms with Gasteiger partial charge >= 0.3 is 117 Å². The zero-order valence-electron chi connectivity index (χ0n) is 6.83. The standard InChI is InChI=1S/Ca.Cs.H2O4S.3H/c;;1-5(2,3)4;;;/h;;(H2,1,2,3,4);;;/q+2;+1;;3*-1. The summed E-state index contributed by atoms with van der Waals surface area (Å²) in [6, 6.07) is 0. The third-order valence-corrected chi connectivity index (χ3v) is 0. The fraction of sp³-hybridized carbons (Fsp3) is 0. The summed E-state index contributed by atoms with van der Waals surface area (Å²) in [5.41, 5.74) is 0. The topological polar surface area (TPSA) is 74.6 Å². The van der Waals surface area contributed by atoms with Crippen molar-refractivity contribution in [2.75, 3.05) is 0 Å². The molecule has 0 saturated carbocycles. The summed E-state index contributed by atoms with van der Waals surface area (Å²) in [4.78, 5) is 0. The monoisotopic (exact) mass is 274 g/mol. The summed E-state index contributed by atoms with van der Waals surface area (Å²) in [5.74, 6) is 0. The minimum atomic E-state index is -4.67. The van der Waals surface area contributed by atoms with Crippen LogP contribution in [0.2, 0.25) is 0 Å². The van der Waals surface area contributed by atoms with E-state index in [2.05, 4.69) is 0 Å². The van der Waals surface area contributed by atoms with Gasteiger partial charge in [0.15, 0.2) is 0 Å². The first-order valence-corrected chi connectivity index (χ1v) is 2.10. The summed E-state index contributed by atoms with van der Waals surface area (Å²) >= 11 is 0. The van der Waals surface area contributed by atoms with Crippen molar-refractivity contribution in [1.82, 2.24) is 0 Å². The SMILES string of the molecule is O=S(=O)(O)O.[Ca+2].[Cs+].[H-].[H-].[H-]. The largest absolute Gasteiger partial charge is 2.00 e. The van der Waals surface area contributed by atoms with Crippen molar-refractivity contribution in [1.29, 1.82) is 0 Å². The van der Waals surface area contributed by atoms with Crippen LogP contribution in [-0.2, 0) is 10.4 Å². The van der Waals surface area contributed by atoms with Crippen molar-refractivity contribution in [3.63, 3.8) is 0 Å². The molecule has 0 aliphatic rings. The second kappa shape index (κ2) is 7.29. The van der Waals surface area contributed by atoms with E-state index < -0.39 is 10.4 Å². The molecule has 0 spiro atoms. The normalized spacial score (nSPS) is 8.29. The maximum absolute atomic E-state index is 8.74. The Bertz CT molecular complexity index is 104. The van der Waals surface area contributed by atoms with E-state index in [0.29, 0.717) is 0 Å². The van der Waals surface area contributed by atoms with E-state index in [-0.39, 0.29) is 111 Å². The van der Waals surface area contributed by atoms with Crippen LogP contribution < -0.4 is 68.9 Å². The second-order valence-corrected chi connectivity index (χ2v) is 1.34. The van der Waals surface area contributed by atoms with E-state index in [4.69, 9.17) is 17.5 Å². The Hall–Kier alpha value is 3.18. The van der Waals surface area contributed by atoms with Gasteiger partial charge in [-0.25, -0.2) is 0 Å². The van der Waals surface area contributed by atoms with Crippen molar-refractivity contribution in [2.24, 2.45) is 0 Å². The van der Waals surface area contributed by atoms with Crippen molar-refractivity contribution in [2.45, 2.75) is 0 Å². The van der Waals surface area contributed by atoms with E-state index in [9.17, 15) is 0 Å². The van der Waals surface area contributed by atoms with Gasteiger partial charge in [-0.3, -0.25) is 9.11 Å². The molecule has 0 bridgehead atoms. The summed E-state index contributed by atoms with van der Waals surface area (Å²) < 4.78 is 31.6. The third kappa shape index (κ3) is 46.8. The van der Waals surface area contributed by atoms with Crippen LogP contribution in [0.15, 0.2) is 0 Å². The molecule has 38 valence electrons. The third-order valence-electron chi connectivity index (χ3n) is 0. The Kier molecular flexibility index (Phi) is 17.3. The summed E-state index contributed by atoms with van der Waals surface area (Å²) in [7, 11) is -4.67. The van der Waals surface area contributed by atoms with Gasteiger partial charge in [0.1, 0.15) is 0 Å². The van der Waals surface area contributed by atoms with Crippen LogP contribution in [0.4, 0.5) is 0 Å². The number of hydrogen-bond acceptors (Lipinski definition) is 2. The van der Waals surface area contributed by atoms with Gasteiger partial charge < -0.3 is 4.28 Å². The van der Waals surface area contributed by atoms with Gasteiger partial charge in [-0.2, -0.15) is 8.42 Å². The molecule has 0 atom stereocenters. The minimum absolute atomic E-state index is 0. The van der Waals surface area contributed by atoms with E-state index >= 15 is 0 Å². The predicted molar refractivity (Wildman–Crippen MR) is 23.3 cm³/mol. The first-order chi connectivity index (χ1) is 2.00. The molecule has 0 aromatic heterocycles. The molecule has 0 fully saturated rings. The molecule has 0 amide bonds. The fourth-order valence-electron chi connectivity index (χ4n) is 0. The van der Waals surface area contributed by atoms with Crippen LogP contribution in [0.5, 0.6) is 0 Å². The van der Waals surface area contributed by atoms with Gasteiger partial charge in [-0.1, -0.05) is 0 Å². The molecule has 2 N–H and O–H groups in total. The van der Waals surface area contributed by atoms with Crippen LogP contribution in [0.1, 0.15) is 4.28 Å². The molecule has 0 unspecified atom stereocenters. The summed E-state index contributed by atoms with van der Waals surface area (Å²) in [6.45, 7) is 0. The van der Waals surface area contributed by atoms with E-state index in [1.165, 1.54) is 0 Å². The molecule has 0 aromatic rings. The van der Waals surface area contributed by atoms with Gasteiger partial charge in [-0.15, -0.1) is 0 Å². The quantitative estimate of drug-likeness (QED) is 0.352. The maximum Gasteiger partial charge on any atom is 2.00 e. The first kappa shape index (κ1) is 16.6. The van der Waals surface area contributed by atoms with E-state index in [1.54, 1.807) is 0 Å². The zero-order chi connectivity index (χ0) is 4.50. The fourth-order valence-corrected chi connectivity index (χ4v) is 0. The molecule has 0 rings (SSSR count). The molecule has 0 aliphatic carbocycles. The van der Waals surface area contributed by atoms with Crippen molar-refractivity contribution in [3.05, 3.63) is 0 Å². The molecule has 7 heteroatoms. The van der Waals surface area contributed by atoms with Crippen molar-refractivity contribution >= 4 is 48.1 Å². The molecule has 0 saturated heterocycles. The number of rotatable bonds is 0. The molecule has 0 radical (unpaired) electrons. The van der Waals surface area contributed by atoms with Gasteiger partial charge in [-0.05, 0) is 0 Å². The van der Waals surface area contributed by atoms with Gasteiger partial charge in [0.25, 0.3) is 0 Å². The van der Waals surface area contributed by atoms with Crippen LogP contribution in [0.25, 0.3) is 0 Å². The Morgan fingerprint density at radius 1 is 1.29 bits per heavy atom. The Morgan fingerprint density at radius 3 is 1.29 bits per heavy atom. The molecule has 0 aromatic carbocycles. The molecule has 0 aliphatic heterocycles. The smallest absolute Gasteiger partial charge is 1.00 e. The molecular weight excluding hydrogens is 269 g/mol. The average molecular weight is 274 g/mol. The predicted octanol–water partition coefficient (Wildman–Crippen LogP) is -3.69. The van der Waals surface area contributed by atoms with E-state index in [1.807, 2.05) is 0 Å². The van der Waals surface area contributed by atoms with Crippen molar-refractivity contribution < 1.29 is 90.7 Å². The summed E-state index contributed by atoms with van der Waals surface area (Å²) in [6.07, 6.45) is 0.